The summed E-state index contributed by atoms with van der Waals surface area (Å²) in [6, 6.07) is 22.5. The van der Waals surface area contributed by atoms with Crippen molar-refractivity contribution in [1.82, 2.24) is 20.6 Å². The van der Waals surface area contributed by atoms with Gasteiger partial charge in [-0.25, -0.2) is 5.10 Å². The quantitative estimate of drug-likeness (QED) is 0.396. The van der Waals surface area contributed by atoms with Crippen molar-refractivity contribution in [3.8, 4) is 22.6 Å². The number of rotatable bonds is 10. The lowest BCUT2D eigenvalue weighted by atomic mass is 9.99. The van der Waals surface area contributed by atoms with E-state index in [2.05, 4.69) is 63.9 Å². The van der Waals surface area contributed by atoms with Crippen molar-refractivity contribution in [3.05, 3.63) is 89.2 Å². The molecule has 0 aliphatic heterocycles. The van der Waals surface area contributed by atoms with E-state index in [0.717, 1.165) is 52.4 Å². The molecule has 0 bridgehead atoms. The maximum atomic E-state index is 8.92. The fourth-order valence-electron chi connectivity index (χ4n) is 3.51. The van der Waals surface area contributed by atoms with Crippen LogP contribution in [0.15, 0.2) is 66.7 Å². The summed E-state index contributed by atoms with van der Waals surface area (Å²) in [4.78, 5) is 0. The van der Waals surface area contributed by atoms with E-state index in [4.69, 9.17) is 14.6 Å². The molecule has 0 amide bonds. The number of benzene rings is 3. The molecule has 0 radical (unpaired) electrons. The van der Waals surface area contributed by atoms with E-state index in [0.29, 0.717) is 13.2 Å². The topological polar surface area (TPSA) is 93.2 Å². The standard InChI is InChI=1S/C25H26N4O3/c1-18-15-23(31-14-13-30)10-11-24(18)21-4-2-3-20(16-21)17-32-22-8-5-19(6-9-22)7-12-25-26-28-29-27-25/h2-6,8-11,15-16,30H,7,12-14,17H2,1H3,(H,26,27,28,29). The van der Waals surface area contributed by atoms with Crippen molar-refractivity contribution in [2.75, 3.05) is 13.2 Å². The third kappa shape index (κ3) is 5.70. The predicted molar refractivity (Wildman–Crippen MR) is 122 cm³/mol. The Morgan fingerprint density at radius 1 is 0.875 bits per heavy atom. The van der Waals surface area contributed by atoms with Gasteiger partial charge in [0.25, 0.3) is 0 Å². The third-order valence-corrected chi connectivity index (χ3v) is 5.16. The van der Waals surface area contributed by atoms with Crippen LogP contribution in [0.2, 0.25) is 0 Å². The van der Waals surface area contributed by atoms with Crippen molar-refractivity contribution >= 4 is 0 Å². The van der Waals surface area contributed by atoms with Gasteiger partial charge in [0, 0.05) is 6.42 Å². The summed E-state index contributed by atoms with van der Waals surface area (Å²) in [5.41, 5.74) is 5.71. The van der Waals surface area contributed by atoms with E-state index in [9.17, 15) is 0 Å². The minimum atomic E-state index is 0.00590. The number of aromatic amines is 1. The highest BCUT2D eigenvalue weighted by Crippen LogP contribution is 2.28. The van der Waals surface area contributed by atoms with Crippen LogP contribution in [0.5, 0.6) is 11.5 Å². The van der Waals surface area contributed by atoms with Gasteiger partial charge in [0.2, 0.25) is 0 Å². The second-order valence-corrected chi connectivity index (χ2v) is 7.53. The van der Waals surface area contributed by atoms with Crippen LogP contribution in [0.25, 0.3) is 11.1 Å². The zero-order valence-corrected chi connectivity index (χ0v) is 18.0. The van der Waals surface area contributed by atoms with E-state index < -0.39 is 0 Å². The molecular weight excluding hydrogens is 404 g/mol. The monoisotopic (exact) mass is 430 g/mol. The Bertz CT molecular complexity index is 1130. The number of ether oxygens (including phenoxy) is 2. The fourth-order valence-corrected chi connectivity index (χ4v) is 3.51. The van der Waals surface area contributed by atoms with Crippen LogP contribution in [-0.4, -0.2) is 38.9 Å². The molecule has 1 heterocycles. The number of aryl methyl sites for hydroxylation is 3. The van der Waals surface area contributed by atoms with Gasteiger partial charge in [-0.15, -0.1) is 5.10 Å². The average Bonchev–Trinajstić information content (AvgIpc) is 3.35. The molecule has 4 aromatic rings. The Hall–Kier alpha value is -3.71. The van der Waals surface area contributed by atoms with Crippen molar-refractivity contribution < 1.29 is 14.6 Å². The van der Waals surface area contributed by atoms with Gasteiger partial charge in [-0.3, -0.25) is 0 Å². The largest absolute Gasteiger partial charge is 0.491 e. The highest BCUT2D eigenvalue weighted by molar-refractivity contribution is 5.68. The number of tetrazole rings is 1. The summed E-state index contributed by atoms with van der Waals surface area (Å²) in [6.45, 7) is 2.86. The van der Waals surface area contributed by atoms with Crippen molar-refractivity contribution in [3.63, 3.8) is 0 Å². The molecule has 0 aliphatic rings. The highest BCUT2D eigenvalue weighted by atomic mass is 16.5. The van der Waals surface area contributed by atoms with E-state index in [1.165, 1.54) is 5.56 Å². The van der Waals surface area contributed by atoms with Crippen LogP contribution >= 0.6 is 0 Å². The molecule has 164 valence electrons. The maximum Gasteiger partial charge on any atom is 0.148 e. The van der Waals surface area contributed by atoms with E-state index in [1.54, 1.807) is 0 Å². The Morgan fingerprint density at radius 3 is 2.47 bits per heavy atom. The number of aliphatic hydroxyl groups is 1. The number of H-pyrrole nitrogens is 1. The first-order chi connectivity index (χ1) is 15.7. The van der Waals surface area contributed by atoms with Gasteiger partial charge in [-0.2, -0.15) is 0 Å². The van der Waals surface area contributed by atoms with Crippen molar-refractivity contribution in [2.24, 2.45) is 0 Å². The highest BCUT2D eigenvalue weighted by Gasteiger charge is 2.06. The van der Waals surface area contributed by atoms with Crippen LogP contribution in [0.4, 0.5) is 0 Å². The number of hydrogen-bond acceptors (Lipinski definition) is 6. The number of hydrogen-bond donors (Lipinski definition) is 2. The Kier molecular flexibility index (Phi) is 7.09. The summed E-state index contributed by atoms with van der Waals surface area (Å²) in [5.74, 6) is 2.38. The predicted octanol–water partition coefficient (Wildman–Crippen LogP) is 3.91. The molecule has 2 N–H and O–H groups in total. The van der Waals surface area contributed by atoms with Crippen LogP contribution < -0.4 is 9.47 Å². The van der Waals surface area contributed by atoms with Crippen LogP contribution in [0.3, 0.4) is 0 Å². The van der Waals surface area contributed by atoms with Gasteiger partial charge in [-0.05, 0) is 81.9 Å². The van der Waals surface area contributed by atoms with Crippen molar-refractivity contribution in [1.29, 1.82) is 0 Å². The normalized spacial score (nSPS) is 10.8. The van der Waals surface area contributed by atoms with Gasteiger partial charge in [0.1, 0.15) is 30.5 Å². The molecule has 0 saturated carbocycles. The van der Waals surface area contributed by atoms with Gasteiger partial charge < -0.3 is 14.6 Å². The molecule has 0 saturated heterocycles. The number of nitrogens with zero attached hydrogens (tertiary/aromatic N) is 3. The minimum absolute atomic E-state index is 0.00590. The molecule has 0 fully saturated rings. The van der Waals surface area contributed by atoms with E-state index in [1.807, 2.05) is 30.3 Å². The molecule has 1 aromatic heterocycles. The molecule has 0 atom stereocenters. The van der Waals surface area contributed by atoms with Crippen molar-refractivity contribution in [2.45, 2.75) is 26.4 Å². The lowest BCUT2D eigenvalue weighted by molar-refractivity contribution is 0.201. The molecule has 0 unspecified atom stereocenters. The van der Waals surface area contributed by atoms with Crippen LogP contribution in [-0.2, 0) is 19.4 Å². The SMILES string of the molecule is Cc1cc(OCCO)ccc1-c1cccc(COc2ccc(CCc3nnn[nH]3)cc2)c1. The van der Waals surface area contributed by atoms with Gasteiger partial charge in [0.05, 0.1) is 6.61 Å². The Labute approximate surface area is 187 Å². The van der Waals surface area contributed by atoms with Crippen LogP contribution in [0, 0.1) is 6.92 Å². The molecule has 3 aromatic carbocycles. The number of aromatic nitrogens is 4. The number of nitrogens with one attached hydrogen (secondary N) is 1. The molecule has 0 aliphatic carbocycles. The second-order valence-electron chi connectivity index (χ2n) is 7.53. The fraction of sp³-hybridized carbons (Fsp3) is 0.240. The lowest BCUT2D eigenvalue weighted by Gasteiger charge is -2.12. The van der Waals surface area contributed by atoms with E-state index >= 15 is 0 Å². The zero-order valence-electron chi connectivity index (χ0n) is 18.0. The van der Waals surface area contributed by atoms with Gasteiger partial charge >= 0.3 is 0 Å². The molecule has 7 nitrogen and oxygen atoms in total. The second kappa shape index (κ2) is 10.5. The maximum absolute atomic E-state index is 8.92. The minimum Gasteiger partial charge on any atom is -0.491 e. The molecule has 32 heavy (non-hydrogen) atoms. The van der Waals surface area contributed by atoms with Crippen LogP contribution in [0.1, 0.15) is 22.5 Å². The number of aliphatic hydroxyl groups excluding tert-OH is 1. The first kappa shape index (κ1) is 21.5. The lowest BCUT2D eigenvalue weighted by Crippen LogP contribution is -2.01. The third-order valence-electron chi connectivity index (χ3n) is 5.16. The van der Waals surface area contributed by atoms with Gasteiger partial charge in [-0.1, -0.05) is 36.4 Å². The molecule has 0 spiro atoms. The summed E-state index contributed by atoms with van der Waals surface area (Å²) in [7, 11) is 0. The molecule has 7 heteroatoms. The van der Waals surface area contributed by atoms with Gasteiger partial charge in [0.15, 0.2) is 0 Å². The van der Waals surface area contributed by atoms with E-state index in [-0.39, 0.29) is 6.61 Å². The first-order valence-corrected chi connectivity index (χ1v) is 10.6. The summed E-state index contributed by atoms with van der Waals surface area (Å²) in [6.07, 6.45) is 1.64. The molecule has 4 rings (SSSR count). The summed E-state index contributed by atoms with van der Waals surface area (Å²) < 4.78 is 11.5. The Balaban J connectivity index is 1.36. The summed E-state index contributed by atoms with van der Waals surface area (Å²) >= 11 is 0. The first-order valence-electron chi connectivity index (χ1n) is 10.6. The smallest absolute Gasteiger partial charge is 0.148 e. The Morgan fingerprint density at radius 2 is 1.72 bits per heavy atom. The zero-order chi connectivity index (χ0) is 22.2. The molecular formula is C25H26N4O3. The average molecular weight is 431 g/mol. The summed E-state index contributed by atoms with van der Waals surface area (Å²) in [5, 5.41) is 22.8.